The number of hydrogen-bond acceptors (Lipinski definition) is 4. The van der Waals surface area contributed by atoms with Crippen molar-refractivity contribution in [2.24, 2.45) is 0 Å². The van der Waals surface area contributed by atoms with Crippen molar-refractivity contribution in [3.8, 4) is 11.3 Å². The van der Waals surface area contributed by atoms with E-state index in [1.165, 1.54) is 0 Å². The summed E-state index contributed by atoms with van der Waals surface area (Å²) in [5, 5.41) is 0.955. The van der Waals surface area contributed by atoms with Crippen LogP contribution in [0, 0.1) is 0 Å². The van der Waals surface area contributed by atoms with Gasteiger partial charge in [-0.2, -0.15) is 0 Å². The van der Waals surface area contributed by atoms with Gasteiger partial charge >= 0.3 is 0 Å². The highest BCUT2D eigenvalue weighted by molar-refractivity contribution is 6.36. The summed E-state index contributed by atoms with van der Waals surface area (Å²) < 4.78 is 0. The third-order valence-electron chi connectivity index (χ3n) is 4.88. The molecule has 0 radical (unpaired) electrons. The Kier molecular flexibility index (Phi) is 5.56. The first-order valence-electron chi connectivity index (χ1n) is 9.17. The van der Waals surface area contributed by atoms with Gasteiger partial charge in [0.15, 0.2) is 0 Å². The maximum absolute atomic E-state index is 12.9. The van der Waals surface area contributed by atoms with E-state index in [9.17, 15) is 9.59 Å². The fourth-order valence-corrected chi connectivity index (χ4v) is 3.86. The lowest BCUT2D eigenvalue weighted by Crippen LogP contribution is -2.50. The summed E-state index contributed by atoms with van der Waals surface area (Å²) >= 11 is 12.1. The number of aromatic amines is 1. The lowest BCUT2D eigenvalue weighted by atomic mass is 10.1. The molecule has 4 rings (SSSR count). The first kappa shape index (κ1) is 19.5. The van der Waals surface area contributed by atoms with Gasteiger partial charge in [0.25, 0.3) is 11.5 Å². The number of carbonyl (C=O) groups is 1. The molecule has 148 valence electrons. The molecule has 0 atom stereocenters. The van der Waals surface area contributed by atoms with Crippen molar-refractivity contribution < 1.29 is 4.79 Å². The monoisotopic (exact) mass is 428 g/mol. The first-order valence-corrected chi connectivity index (χ1v) is 9.92. The quantitative estimate of drug-likeness (QED) is 0.690. The number of anilines is 1. The van der Waals surface area contributed by atoms with Crippen LogP contribution in [0.25, 0.3) is 11.3 Å². The Morgan fingerprint density at radius 3 is 2.38 bits per heavy atom. The van der Waals surface area contributed by atoms with E-state index in [0.717, 1.165) is 5.56 Å². The first-order chi connectivity index (χ1) is 14.0. The molecule has 0 bridgehead atoms. The molecule has 1 aliphatic heterocycles. The fraction of sp³-hybridized carbons (Fsp3) is 0.190. The van der Waals surface area contributed by atoms with E-state index in [2.05, 4.69) is 9.97 Å². The number of piperazine rings is 1. The number of amides is 1. The van der Waals surface area contributed by atoms with Gasteiger partial charge in [0.2, 0.25) is 0 Å². The van der Waals surface area contributed by atoms with Crippen LogP contribution in [0.4, 0.5) is 5.82 Å². The second kappa shape index (κ2) is 8.27. The molecular weight excluding hydrogens is 411 g/mol. The Labute approximate surface area is 177 Å². The number of halogens is 2. The van der Waals surface area contributed by atoms with Gasteiger partial charge in [0.1, 0.15) is 11.4 Å². The second-order valence-corrected chi connectivity index (χ2v) is 7.56. The molecule has 3 heterocycles. The molecule has 8 heteroatoms. The van der Waals surface area contributed by atoms with Crippen molar-refractivity contribution in [2.45, 2.75) is 0 Å². The summed E-state index contributed by atoms with van der Waals surface area (Å²) in [7, 11) is 0. The molecule has 1 fully saturated rings. The zero-order chi connectivity index (χ0) is 20.4. The van der Waals surface area contributed by atoms with Crippen molar-refractivity contribution >= 4 is 34.9 Å². The fourth-order valence-electron chi connectivity index (χ4n) is 3.36. The molecule has 1 amide bonds. The number of pyridine rings is 2. The van der Waals surface area contributed by atoms with Crippen molar-refractivity contribution in [3.05, 3.63) is 80.7 Å². The average molecular weight is 429 g/mol. The SMILES string of the molecule is O=C(c1ccc(-c2ccccc2)[nH]c1=O)N1CCN(c2ncc(Cl)cc2Cl)CC1. The number of rotatable bonds is 3. The molecule has 1 saturated heterocycles. The van der Waals surface area contributed by atoms with Crippen LogP contribution in [0.1, 0.15) is 10.4 Å². The average Bonchev–Trinajstić information content (AvgIpc) is 2.74. The lowest BCUT2D eigenvalue weighted by molar-refractivity contribution is 0.0745. The summed E-state index contributed by atoms with van der Waals surface area (Å²) in [6, 6.07) is 14.5. The van der Waals surface area contributed by atoms with Gasteiger partial charge in [-0.1, -0.05) is 53.5 Å². The van der Waals surface area contributed by atoms with Crippen LogP contribution in [0.15, 0.2) is 59.5 Å². The van der Waals surface area contributed by atoms with Gasteiger partial charge in [0.05, 0.1) is 10.0 Å². The van der Waals surface area contributed by atoms with Gasteiger partial charge < -0.3 is 14.8 Å². The van der Waals surface area contributed by atoms with E-state index >= 15 is 0 Å². The van der Waals surface area contributed by atoms with Crippen LogP contribution in [0.5, 0.6) is 0 Å². The molecule has 0 spiro atoms. The number of H-pyrrole nitrogens is 1. The summed E-state index contributed by atoms with van der Waals surface area (Å²) in [6.07, 6.45) is 1.55. The summed E-state index contributed by atoms with van der Waals surface area (Å²) in [5.41, 5.74) is 1.33. The van der Waals surface area contributed by atoms with Gasteiger partial charge in [0, 0.05) is 38.1 Å². The van der Waals surface area contributed by atoms with Crippen LogP contribution < -0.4 is 10.5 Å². The maximum Gasteiger partial charge on any atom is 0.261 e. The predicted octanol–water partition coefficient (Wildman–Crippen LogP) is 3.71. The molecule has 1 N–H and O–H groups in total. The van der Waals surface area contributed by atoms with E-state index < -0.39 is 0 Å². The highest BCUT2D eigenvalue weighted by atomic mass is 35.5. The van der Waals surface area contributed by atoms with Crippen molar-refractivity contribution in [2.75, 3.05) is 31.1 Å². The molecule has 3 aromatic rings. The number of carbonyl (C=O) groups excluding carboxylic acids is 1. The highest BCUT2D eigenvalue weighted by Crippen LogP contribution is 2.27. The van der Waals surface area contributed by atoms with E-state index in [-0.39, 0.29) is 17.0 Å². The third-order valence-corrected chi connectivity index (χ3v) is 5.36. The van der Waals surface area contributed by atoms with E-state index in [0.29, 0.717) is 47.7 Å². The van der Waals surface area contributed by atoms with E-state index in [1.54, 1.807) is 29.3 Å². The largest absolute Gasteiger partial charge is 0.352 e. The molecule has 0 unspecified atom stereocenters. The third kappa shape index (κ3) is 4.13. The number of nitrogens with one attached hydrogen (secondary N) is 1. The Bertz CT molecular complexity index is 1090. The van der Waals surface area contributed by atoms with Crippen LogP contribution >= 0.6 is 23.2 Å². The summed E-state index contributed by atoms with van der Waals surface area (Å²) in [5.74, 6) is 0.369. The Morgan fingerprint density at radius 2 is 1.72 bits per heavy atom. The second-order valence-electron chi connectivity index (χ2n) is 6.72. The zero-order valence-electron chi connectivity index (χ0n) is 15.4. The minimum Gasteiger partial charge on any atom is -0.352 e. The van der Waals surface area contributed by atoms with Crippen LogP contribution in [-0.4, -0.2) is 47.0 Å². The lowest BCUT2D eigenvalue weighted by Gasteiger charge is -2.35. The predicted molar refractivity (Wildman–Crippen MR) is 115 cm³/mol. The molecular formula is C21H18Cl2N4O2. The smallest absolute Gasteiger partial charge is 0.261 e. The van der Waals surface area contributed by atoms with Gasteiger partial charge in [-0.3, -0.25) is 9.59 Å². The molecule has 6 nitrogen and oxygen atoms in total. The molecule has 2 aromatic heterocycles. The maximum atomic E-state index is 12.9. The number of nitrogens with zero attached hydrogens (tertiary/aromatic N) is 3. The van der Waals surface area contributed by atoms with Gasteiger partial charge in [-0.05, 0) is 23.8 Å². The molecule has 1 aliphatic rings. The standard InChI is InChI=1S/C21H18Cl2N4O2/c22-15-12-17(23)19(24-13-15)26-8-10-27(11-9-26)21(29)16-6-7-18(25-20(16)28)14-4-2-1-3-5-14/h1-7,12-13H,8-11H2,(H,25,28). The van der Waals surface area contributed by atoms with Gasteiger partial charge in [-0.25, -0.2) is 4.98 Å². The number of hydrogen-bond donors (Lipinski definition) is 1. The molecule has 0 aliphatic carbocycles. The van der Waals surface area contributed by atoms with Crippen LogP contribution in [0.2, 0.25) is 10.0 Å². The molecule has 0 saturated carbocycles. The van der Waals surface area contributed by atoms with Crippen molar-refractivity contribution in [3.63, 3.8) is 0 Å². The minimum atomic E-state index is -0.388. The van der Waals surface area contributed by atoms with Crippen LogP contribution in [-0.2, 0) is 0 Å². The summed E-state index contributed by atoms with van der Waals surface area (Å²) in [4.78, 5) is 36.1. The number of benzene rings is 1. The van der Waals surface area contributed by atoms with Gasteiger partial charge in [-0.15, -0.1) is 0 Å². The van der Waals surface area contributed by atoms with E-state index in [1.807, 2.05) is 35.2 Å². The normalized spacial score (nSPS) is 14.1. The van der Waals surface area contributed by atoms with Crippen LogP contribution in [0.3, 0.4) is 0 Å². The highest BCUT2D eigenvalue weighted by Gasteiger charge is 2.25. The molecule has 29 heavy (non-hydrogen) atoms. The summed E-state index contributed by atoms with van der Waals surface area (Å²) in [6.45, 7) is 2.08. The Morgan fingerprint density at radius 1 is 1.00 bits per heavy atom. The zero-order valence-corrected chi connectivity index (χ0v) is 17.0. The van der Waals surface area contributed by atoms with E-state index in [4.69, 9.17) is 23.2 Å². The van der Waals surface area contributed by atoms with Crippen molar-refractivity contribution in [1.82, 2.24) is 14.9 Å². The minimum absolute atomic E-state index is 0.140. The van der Waals surface area contributed by atoms with Crippen molar-refractivity contribution in [1.29, 1.82) is 0 Å². The Balaban J connectivity index is 1.46. The number of aromatic nitrogens is 2. The topological polar surface area (TPSA) is 69.3 Å². The Hall–Kier alpha value is -2.83. The molecule has 1 aromatic carbocycles.